The second kappa shape index (κ2) is 7.52. The lowest BCUT2D eigenvalue weighted by atomic mass is 10.7. The summed E-state index contributed by atoms with van der Waals surface area (Å²) in [6.07, 6.45) is 0. The van der Waals surface area contributed by atoms with Crippen molar-refractivity contribution in [2.45, 2.75) is 6.92 Å². The Labute approximate surface area is 65.5 Å². The van der Waals surface area contributed by atoms with Gasteiger partial charge in [-0.3, -0.25) is 4.79 Å². The van der Waals surface area contributed by atoms with Gasteiger partial charge in [0.1, 0.15) is 0 Å². The fourth-order valence-corrected chi connectivity index (χ4v) is 0.182. The van der Waals surface area contributed by atoms with Gasteiger partial charge in [0.2, 0.25) is 5.91 Å². The van der Waals surface area contributed by atoms with Crippen molar-refractivity contribution in [1.29, 1.82) is 0 Å². The molecule has 0 aliphatic rings. The van der Waals surface area contributed by atoms with E-state index in [-0.39, 0.29) is 36.7 Å². The Balaban J connectivity index is -0.000000180. The number of aliphatic imine (C=N–C) groups is 1. The van der Waals surface area contributed by atoms with E-state index in [0.717, 1.165) is 0 Å². The van der Waals surface area contributed by atoms with Crippen LogP contribution < -0.4 is 11.5 Å². The van der Waals surface area contributed by atoms with Gasteiger partial charge >= 0.3 is 0 Å². The molecular weight excluding hydrogens is 165 g/mol. The van der Waals surface area contributed by atoms with Crippen LogP contribution in [0.1, 0.15) is 6.92 Å². The van der Waals surface area contributed by atoms with Crippen LogP contribution in [0.15, 0.2) is 4.99 Å². The number of amides is 1. The number of nitrogens with zero attached hydrogens (tertiary/aromatic N) is 1. The van der Waals surface area contributed by atoms with Crippen molar-refractivity contribution < 1.29 is 4.79 Å². The molecule has 0 aromatic rings. The molecule has 4 nitrogen and oxygen atoms in total. The van der Waals surface area contributed by atoms with Crippen molar-refractivity contribution in [1.82, 2.24) is 0 Å². The van der Waals surface area contributed by atoms with E-state index in [1.165, 1.54) is 6.92 Å². The zero-order valence-corrected chi connectivity index (χ0v) is 6.46. The normalized spacial score (nSPS) is 5.89. The molecular formula is C3H9Cl2N3O. The minimum atomic E-state index is -0.375. The number of carbonyl (C=O) groups excluding carboxylic acids is 1. The van der Waals surface area contributed by atoms with E-state index < -0.39 is 0 Å². The molecule has 6 heteroatoms. The molecule has 0 aliphatic heterocycles. The lowest BCUT2D eigenvalue weighted by Crippen LogP contribution is -2.23. The van der Waals surface area contributed by atoms with Crippen molar-refractivity contribution >= 4 is 36.7 Å². The lowest BCUT2D eigenvalue weighted by molar-refractivity contribution is -0.115. The summed E-state index contributed by atoms with van der Waals surface area (Å²) in [5, 5.41) is 0. The Morgan fingerprint density at radius 2 is 1.67 bits per heavy atom. The summed E-state index contributed by atoms with van der Waals surface area (Å²) in [5.41, 5.74) is 9.60. The van der Waals surface area contributed by atoms with E-state index in [9.17, 15) is 4.79 Å². The Kier molecular flexibility index (Phi) is 13.2. The number of hydrogen-bond donors (Lipinski definition) is 2. The zero-order valence-electron chi connectivity index (χ0n) is 4.83. The van der Waals surface area contributed by atoms with Gasteiger partial charge in [0, 0.05) is 6.92 Å². The maximum absolute atomic E-state index is 9.91. The molecule has 4 N–H and O–H groups in total. The third-order valence-electron chi connectivity index (χ3n) is 0.287. The average Bonchev–Trinajstić information content (AvgIpc) is 1.27. The van der Waals surface area contributed by atoms with E-state index in [1.54, 1.807) is 0 Å². The van der Waals surface area contributed by atoms with Crippen LogP contribution in [0.25, 0.3) is 0 Å². The predicted molar refractivity (Wildman–Crippen MR) is 41.0 cm³/mol. The van der Waals surface area contributed by atoms with Crippen LogP contribution in [0.3, 0.4) is 0 Å². The molecule has 0 atom stereocenters. The second-order valence-corrected chi connectivity index (χ2v) is 1.06. The van der Waals surface area contributed by atoms with Crippen LogP contribution >= 0.6 is 24.8 Å². The molecule has 0 bridgehead atoms. The van der Waals surface area contributed by atoms with Gasteiger partial charge in [-0.25, -0.2) is 0 Å². The van der Waals surface area contributed by atoms with Gasteiger partial charge in [0.15, 0.2) is 5.96 Å². The quantitative estimate of drug-likeness (QED) is 0.389. The fourth-order valence-electron chi connectivity index (χ4n) is 0.182. The van der Waals surface area contributed by atoms with Crippen molar-refractivity contribution in [2.75, 3.05) is 0 Å². The summed E-state index contributed by atoms with van der Waals surface area (Å²) in [5.74, 6) is -0.562. The van der Waals surface area contributed by atoms with Crippen LogP contribution in [-0.2, 0) is 4.79 Å². The highest BCUT2D eigenvalue weighted by Crippen LogP contribution is 1.64. The maximum Gasteiger partial charge on any atom is 0.245 e. The number of hydrogen-bond acceptors (Lipinski definition) is 1. The summed E-state index contributed by atoms with van der Waals surface area (Å²) < 4.78 is 0. The number of carbonyl (C=O) groups is 1. The summed E-state index contributed by atoms with van der Waals surface area (Å²) in [6.45, 7) is 1.28. The third-order valence-corrected chi connectivity index (χ3v) is 0.287. The molecule has 0 aliphatic carbocycles. The molecule has 0 fully saturated rings. The van der Waals surface area contributed by atoms with Crippen LogP contribution in [0, 0.1) is 0 Å². The van der Waals surface area contributed by atoms with E-state index in [0.29, 0.717) is 0 Å². The fraction of sp³-hybridized carbons (Fsp3) is 0.333. The Morgan fingerprint density at radius 1 is 1.33 bits per heavy atom. The minimum absolute atomic E-state index is 0. The molecule has 0 unspecified atom stereocenters. The van der Waals surface area contributed by atoms with Crippen LogP contribution in [0.2, 0.25) is 0 Å². The predicted octanol–water partition coefficient (Wildman–Crippen LogP) is -0.350. The molecule has 56 valence electrons. The Morgan fingerprint density at radius 3 is 1.67 bits per heavy atom. The van der Waals surface area contributed by atoms with Gasteiger partial charge in [-0.05, 0) is 0 Å². The number of nitrogens with two attached hydrogens (primary N) is 2. The van der Waals surface area contributed by atoms with Crippen molar-refractivity contribution in [3.63, 3.8) is 0 Å². The third kappa shape index (κ3) is 18.5. The van der Waals surface area contributed by atoms with Crippen molar-refractivity contribution in [3.8, 4) is 0 Å². The van der Waals surface area contributed by atoms with Crippen molar-refractivity contribution in [3.05, 3.63) is 0 Å². The van der Waals surface area contributed by atoms with E-state index in [4.69, 9.17) is 11.5 Å². The first-order valence-electron chi connectivity index (χ1n) is 1.73. The number of halogens is 2. The van der Waals surface area contributed by atoms with E-state index >= 15 is 0 Å². The van der Waals surface area contributed by atoms with Gasteiger partial charge in [-0.1, -0.05) is 0 Å². The molecule has 0 rings (SSSR count). The van der Waals surface area contributed by atoms with E-state index in [1.807, 2.05) is 0 Å². The lowest BCUT2D eigenvalue weighted by Gasteiger charge is -1.81. The molecule has 0 saturated carbocycles. The molecule has 0 radical (unpaired) electrons. The standard InChI is InChI=1S/C3H7N3O.2ClH/c1-2(7)6-3(4)5;;/h1H3,(H4,4,5,6,7);2*1H. The topological polar surface area (TPSA) is 81.5 Å². The molecule has 0 heterocycles. The molecule has 0 saturated heterocycles. The highest BCUT2D eigenvalue weighted by Gasteiger charge is 1.82. The first-order valence-corrected chi connectivity index (χ1v) is 1.73. The van der Waals surface area contributed by atoms with Gasteiger partial charge in [-0.15, -0.1) is 24.8 Å². The number of guanidine groups is 1. The largest absolute Gasteiger partial charge is 0.370 e. The highest BCUT2D eigenvalue weighted by atomic mass is 35.5. The Hall–Kier alpha value is -0.480. The maximum atomic E-state index is 9.91. The summed E-state index contributed by atoms with van der Waals surface area (Å²) in [6, 6.07) is 0. The van der Waals surface area contributed by atoms with Crippen LogP contribution in [-0.4, -0.2) is 11.9 Å². The van der Waals surface area contributed by atoms with Gasteiger partial charge in [-0.2, -0.15) is 4.99 Å². The van der Waals surface area contributed by atoms with Crippen LogP contribution in [0.5, 0.6) is 0 Å². The van der Waals surface area contributed by atoms with Crippen molar-refractivity contribution in [2.24, 2.45) is 16.5 Å². The van der Waals surface area contributed by atoms with Gasteiger partial charge in [0.05, 0.1) is 0 Å². The number of rotatable bonds is 0. The molecule has 0 aromatic carbocycles. The summed E-state index contributed by atoms with van der Waals surface area (Å²) in [7, 11) is 0. The monoisotopic (exact) mass is 173 g/mol. The van der Waals surface area contributed by atoms with Gasteiger partial charge < -0.3 is 11.5 Å². The van der Waals surface area contributed by atoms with Crippen LogP contribution in [0.4, 0.5) is 0 Å². The Bertz CT molecular complexity index is 110. The minimum Gasteiger partial charge on any atom is -0.370 e. The molecule has 0 aromatic heterocycles. The van der Waals surface area contributed by atoms with Gasteiger partial charge in [0.25, 0.3) is 0 Å². The molecule has 9 heavy (non-hydrogen) atoms. The smallest absolute Gasteiger partial charge is 0.245 e. The average molecular weight is 174 g/mol. The first kappa shape index (κ1) is 15.8. The SMILES string of the molecule is CC(=O)N=C(N)N.Cl.Cl. The first-order chi connectivity index (χ1) is 3.13. The summed E-state index contributed by atoms with van der Waals surface area (Å²) in [4.78, 5) is 13.0. The molecule has 1 amide bonds. The second-order valence-electron chi connectivity index (χ2n) is 1.06. The molecule has 0 spiro atoms. The zero-order chi connectivity index (χ0) is 5.86. The van der Waals surface area contributed by atoms with E-state index in [2.05, 4.69) is 4.99 Å². The summed E-state index contributed by atoms with van der Waals surface area (Å²) >= 11 is 0. The highest BCUT2D eigenvalue weighted by molar-refractivity contribution is 5.90.